The number of aliphatic imine (C=N–C) groups is 1. The summed E-state index contributed by atoms with van der Waals surface area (Å²) in [6.07, 6.45) is 1.47. The van der Waals surface area contributed by atoms with Crippen LogP contribution in [-0.4, -0.2) is 54.9 Å². The molecule has 0 spiro atoms. The lowest BCUT2D eigenvalue weighted by Gasteiger charge is -2.26. The van der Waals surface area contributed by atoms with E-state index in [1.54, 1.807) is 42.5 Å². The molecular weight excluding hydrogens is 490 g/mol. The number of nitrogens with zero attached hydrogens (tertiary/aromatic N) is 3. The molecule has 8 nitrogen and oxygen atoms in total. The van der Waals surface area contributed by atoms with E-state index in [1.165, 1.54) is 27.2 Å². The van der Waals surface area contributed by atoms with Crippen LogP contribution < -0.4 is 5.56 Å². The molecule has 1 saturated heterocycles. The molecule has 0 aliphatic carbocycles. The molecule has 0 bridgehead atoms. The van der Waals surface area contributed by atoms with E-state index in [9.17, 15) is 18.3 Å². The van der Waals surface area contributed by atoms with E-state index in [4.69, 9.17) is 4.74 Å². The fourth-order valence-electron chi connectivity index (χ4n) is 4.57. The molecule has 0 atom stereocenters. The third kappa shape index (κ3) is 4.69. The van der Waals surface area contributed by atoms with Gasteiger partial charge in [-0.25, -0.2) is 13.0 Å². The number of rotatable bonds is 5. The minimum absolute atomic E-state index is 0.137. The SMILES string of the molecule is Cc1ccc(-n2c(O)c(C=Nc3cccc(S(=O)(=O)N4CCOCC4)c3)c3ccccc3c2=O)c(C)c1. The van der Waals surface area contributed by atoms with Crippen LogP contribution in [0.1, 0.15) is 16.7 Å². The molecule has 37 heavy (non-hydrogen) atoms. The Morgan fingerprint density at radius 1 is 0.946 bits per heavy atom. The van der Waals surface area contributed by atoms with Crippen molar-refractivity contribution in [2.24, 2.45) is 4.99 Å². The van der Waals surface area contributed by atoms with Crippen LogP contribution in [0.5, 0.6) is 5.88 Å². The highest BCUT2D eigenvalue weighted by Crippen LogP contribution is 2.29. The van der Waals surface area contributed by atoms with E-state index in [2.05, 4.69) is 4.99 Å². The number of ether oxygens (including phenoxy) is 1. The standard InChI is InChI=1S/C28H27N3O5S/c1-19-10-11-26(20(2)16-19)31-27(32)24-9-4-3-8-23(24)25(28(31)33)18-29-21-6-5-7-22(17-21)37(34,35)30-12-14-36-15-13-30/h3-11,16-18,33H,12-15H2,1-2H3. The first-order valence-corrected chi connectivity index (χ1v) is 13.4. The van der Waals surface area contributed by atoms with E-state index in [0.29, 0.717) is 54.0 Å². The van der Waals surface area contributed by atoms with Crippen molar-refractivity contribution in [2.75, 3.05) is 26.3 Å². The molecule has 0 radical (unpaired) electrons. The van der Waals surface area contributed by atoms with Gasteiger partial charge in [-0.1, -0.05) is 42.0 Å². The topological polar surface area (TPSA) is 101 Å². The first kappa shape index (κ1) is 24.9. The van der Waals surface area contributed by atoms with Gasteiger partial charge in [0.1, 0.15) is 0 Å². The van der Waals surface area contributed by atoms with Crippen molar-refractivity contribution in [3.05, 3.63) is 93.8 Å². The Hall–Kier alpha value is -3.79. The maximum Gasteiger partial charge on any atom is 0.265 e. The van der Waals surface area contributed by atoms with Gasteiger partial charge in [-0.3, -0.25) is 9.79 Å². The molecule has 1 N–H and O–H groups in total. The van der Waals surface area contributed by atoms with Gasteiger partial charge >= 0.3 is 0 Å². The number of aromatic hydroxyl groups is 1. The van der Waals surface area contributed by atoms with Gasteiger partial charge in [0.2, 0.25) is 15.9 Å². The Labute approximate surface area is 215 Å². The average Bonchev–Trinajstić information content (AvgIpc) is 2.90. The van der Waals surface area contributed by atoms with Crippen molar-refractivity contribution in [3.8, 4) is 11.6 Å². The molecule has 4 aromatic rings. The average molecular weight is 518 g/mol. The third-order valence-corrected chi connectivity index (χ3v) is 8.36. The van der Waals surface area contributed by atoms with Crippen LogP contribution in [0.25, 0.3) is 16.5 Å². The molecular formula is C28H27N3O5S. The van der Waals surface area contributed by atoms with Gasteiger partial charge in [0.15, 0.2) is 0 Å². The summed E-state index contributed by atoms with van der Waals surface area (Å²) in [6, 6.07) is 19.0. The predicted octanol–water partition coefficient (Wildman–Crippen LogP) is 4.08. The first-order valence-electron chi connectivity index (χ1n) is 11.9. The molecule has 1 aliphatic heterocycles. The fourth-order valence-corrected chi connectivity index (χ4v) is 6.02. The Bertz CT molecular complexity index is 1690. The zero-order chi connectivity index (χ0) is 26.2. The highest BCUT2D eigenvalue weighted by atomic mass is 32.2. The maximum absolute atomic E-state index is 13.4. The Morgan fingerprint density at radius 3 is 2.41 bits per heavy atom. The lowest BCUT2D eigenvalue weighted by atomic mass is 10.1. The molecule has 190 valence electrons. The molecule has 5 rings (SSSR count). The highest BCUT2D eigenvalue weighted by Gasteiger charge is 2.26. The minimum Gasteiger partial charge on any atom is -0.494 e. The predicted molar refractivity (Wildman–Crippen MR) is 144 cm³/mol. The number of morpholine rings is 1. The monoisotopic (exact) mass is 517 g/mol. The van der Waals surface area contributed by atoms with Gasteiger partial charge in [-0.2, -0.15) is 4.31 Å². The number of pyridine rings is 1. The lowest BCUT2D eigenvalue weighted by Crippen LogP contribution is -2.40. The van der Waals surface area contributed by atoms with Crippen LogP contribution in [0.4, 0.5) is 5.69 Å². The van der Waals surface area contributed by atoms with E-state index in [1.807, 2.05) is 26.0 Å². The number of sulfonamides is 1. The maximum atomic E-state index is 13.4. The largest absolute Gasteiger partial charge is 0.494 e. The Kier molecular flexibility index (Phi) is 6.68. The third-order valence-electron chi connectivity index (χ3n) is 6.46. The lowest BCUT2D eigenvalue weighted by molar-refractivity contribution is 0.0730. The van der Waals surface area contributed by atoms with Crippen molar-refractivity contribution in [1.29, 1.82) is 0 Å². The fraction of sp³-hybridized carbons (Fsp3) is 0.214. The molecule has 3 aromatic carbocycles. The molecule has 0 amide bonds. The molecule has 1 aromatic heterocycles. The normalized spacial score (nSPS) is 15.0. The second kappa shape index (κ2) is 9.93. The van der Waals surface area contributed by atoms with Crippen LogP contribution in [0.2, 0.25) is 0 Å². The smallest absolute Gasteiger partial charge is 0.265 e. The second-order valence-corrected chi connectivity index (χ2v) is 10.9. The van der Waals surface area contributed by atoms with Crippen LogP contribution >= 0.6 is 0 Å². The van der Waals surface area contributed by atoms with Crippen LogP contribution in [-0.2, 0) is 14.8 Å². The number of hydrogen-bond acceptors (Lipinski definition) is 6. The summed E-state index contributed by atoms with van der Waals surface area (Å²) in [4.78, 5) is 18.0. The molecule has 1 aliphatic rings. The number of aryl methyl sites for hydroxylation is 2. The van der Waals surface area contributed by atoms with Gasteiger partial charge in [0.25, 0.3) is 5.56 Å². The summed E-state index contributed by atoms with van der Waals surface area (Å²) in [5.74, 6) is -0.239. The van der Waals surface area contributed by atoms with Crippen molar-refractivity contribution < 1.29 is 18.3 Å². The van der Waals surface area contributed by atoms with Gasteiger partial charge in [-0.15, -0.1) is 0 Å². The summed E-state index contributed by atoms with van der Waals surface area (Å²) >= 11 is 0. The minimum atomic E-state index is -3.68. The van der Waals surface area contributed by atoms with Crippen LogP contribution in [0.3, 0.4) is 0 Å². The Balaban J connectivity index is 1.61. The molecule has 1 fully saturated rings. The van der Waals surface area contributed by atoms with Crippen molar-refractivity contribution in [3.63, 3.8) is 0 Å². The number of hydrogen-bond donors (Lipinski definition) is 1. The summed E-state index contributed by atoms with van der Waals surface area (Å²) in [7, 11) is -3.68. The summed E-state index contributed by atoms with van der Waals surface area (Å²) < 4.78 is 34.1. The molecule has 9 heteroatoms. The van der Waals surface area contributed by atoms with Crippen molar-refractivity contribution in [1.82, 2.24) is 8.87 Å². The molecule has 0 unspecified atom stereocenters. The summed E-state index contributed by atoms with van der Waals surface area (Å²) in [5.41, 5.74) is 2.89. The van der Waals surface area contributed by atoms with Crippen LogP contribution in [0, 0.1) is 13.8 Å². The van der Waals surface area contributed by atoms with E-state index >= 15 is 0 Å². The quantitative estimate of drug-likeness (QED) is 0.402. The van der Waals surface area contributed by atoms with Crippen molar-refractivity contribution in [2.45, 2.75) is 18.7 Å². The van der Waals surface area contributed by atoms with E-state index in [-0.39, 0.29) is 16.3 Å². The van der Waals surface area contributed by atoms with Gasteiger partial charge < -0.3 is 9.84 Å². The van der Waals surface area contributed by atoms with Gasteiger partial charge in [0, 0.05) is 30.1 Å². The highest BCUT2D eigenvalue weighted by molar-refractivity contribution is 7.89. The summed E-state index contributed by atoms with van der Waals surface area (Å²) in [5, 5.41) is 12.3. The van der Waals surface area contributed by atoms with Crippen LogP contribution in [0.15, 0.2) is 81.4 Å². The second-order valence-electron chi connectivity index (χ2n) is 8.99. The summed E-state index contributed by atoms with van der Waals surface area (Å²) in [6.45, 7) is 5.17. The first-order chi connectivity index (χ1) is 17.8. The Morgan fingerprint density at radius 2 is 1.68 bits per heavy atom. The van der Waals surface area contributed by atoms with E-state index < -0.39 is 10.0 Å². The van der Waals surface area contributed by atoms with E-state index in [0.717, 1.165) is 11.1 Å². The zero-order valence-electron chi connectivity index (χ0n) is 20.6. The van der Waals surface area contributed by atoms with Crippen molar-refractivity contribution >= 4 is 32.7 Å². The molecule has 2 heterocycles. The number of aromatic nitrogens is 1. The number of benzene rings is 3. The van der Waals surface area contributed by atoms with Gasteiger partial charge in [0.05, 0.1) is 35.0 Å². The molecule has 0 saturated carbocycles. The number of fused-ring (bicyclic) bond motifs is 1. The zero-order valence-corrected chi connectivity index (χ0v) is 21.4. The van der Waals surface area contributed by atoms with Gasteiger partial charge in [-0.05, 0) is 49.7 Å².